The number of ether oxygens (including phenoxy) is 1. The van der Waals surface area contributed by atoms with E-state index in [1.165, 1.54) is 16.4 Å². The van der Waals surface area contributed by atoms with Crippen LogP contribution in [0.25, 0.3) is 0 Å². The van der Waals surface area contributed by atoms with Gasteiger partial charge >= 0.3 is 0 Å². The number of hydrogen-bond donors (Lipinski definition) is 0. The molecular formula is C21H24Cl2N2O4S. The van der Waals surface area contributed by atoms with Crippen molar-refractivity contribution < 1.29 is 17.9 Å². The summed E-state index contributed by atoms with van der Waals surface area (Å²) in [4.78, 5) is 14.6. The molecule has 0 unspecified atom stereocenters. The smallest absolute Gasteiger partial charge is 0.244 e. The van der Waals surface area contributed by atoms with Gasteiger partial charge in [0.25, 0.3) is 0 Å². The highest BCUT2D eigenvalue weighted by molar-refractivity contribution is 7.89. The van der Waals surface area contributed by atoms with Crippen molar-refractivity contribution in [2.45, 2.75) is 24.3 Å². The zero-order valence-electron chi connectivity index (χ0n) is 16.8. The molecule has 6 nitrogen and oxygen atoms in total. The van der Waals surface area contributed by atoms with E-state index in [9.17, 15) is 13.2 Å². The summed E-state index contributed by atoms with van der Waals surface area (Å²) >= 11 is 12.1. The van der Waals surface area contributed by atoms with E-state index in [0.29, 0.717) is 31.0 Å². The molecular weight excluding hydrogens is 447 g/mol. The fourth-order valence-corrected chi connectivity index (χ4v) is 5.83. The molecule has 30 heavy (non-hydrogen) atoms. The minimum absolute atomic E-state index is 0.0312. The Morgan fingerprint density at radius 3 is 2.57 bits per heavy atom. The first-order valence-corrected chi connectivity index (χ1v) is 11.7. The molecule has 2 aromatic carbocycles. The SMILES string of the molecule is COc1ccc(CN(C)C(=O)[C@@H]2CCCN(S(=O)(=O)c3cc(Cl)ccc3Cl)C2)cc1. The van der Waals surface area contributed by atoms with Crippen LogP contribution in [-0.2, 0) is 21.4 Å². The largest absolute Gasteiger partial charge is 0.497 e. The van der Waals surface area contributed by atoms with E-state index >= 15 is 0 Å². The molecule has 1 fully saturated rings. The first-order chi connectivity index (χ1) is 14.2. The molecule has 1 heterocycles. The molecule has 1 atom stereocenters. The number of amides is 1. The predicted molar refractivity (Wildman–Crippen MR) is 117 cm³/mol. The molecule has 2 aromatic rings. The topological polar surface area (TPSA) is 66.9 Å². The lowest BCUT2D eigenvalue weighted by Gasteiger charge is -2.33. The van der Waals surface area contributed by atoms with Crippen LogP contribution in [0.2, 0.25) is 10.0 Å². The highest BCUT2D eigenvalue weighted by Gasteiger charge is 2.35. The van der Waals surface area contributed by atoms with E-state index in [4.69, 9.17) is 27.9 Å². The van der Waals surface area contributed by atoms with E-state index in [0.717, 1.165) is 11.3 Å². The fourth-order valence-electron chi connectivity index (χ4n) is 3.57. The van der Waals surface area contributed by atoms with E-state index in [2.05, 4.69) is 0 Å². The second-order valence-corrected chi connectivity index (χ2v) is 10.1. The van der Waals surface area contributed by atoms with Crippen LogP contribution in [0, 0.1) is 5.92 Å². The second kappa shape index (κ2) is 9.56. The van der Waals surface area contributed by atoms with Crippen LogP contribution in [0.3, 0.4) is 0 Å². The number of methoxy groups -OCH3 is 1. The first-order valence-electron chi connectivity index (χ1n) is 9.55. The maximum absolute atomic E-state index is 13.1. The van der Waals surface area contributed by atoms with Crippen molar-refractivity contribution in [3.8, 4) is 5.75 Å². The quantitative estimate of drug-likeness (QED) is 0.638. The van der Waals surface area contributed by atoms with Gasteiger partial charge in [0, 0.05) is 31.7 Å². The van der Waals surface area contributed by atoms with Crippen LogP contribution in [0.4, 0.5) is 0 Å². The molecule has 162 valence electrons. The maximum Gasteiger partial charge on any atom is 0.244 e. The van der Waals surface area contributed by atoms with E-state index in [-0.39, 0.29) is 22.4 Å². The summed E-state index contributed by atoms with van der Waals surface area (Å²) in [6.07, 6.45) is 1.24. The van der Waals surface area contributed by atoms with Gasteiger partial charge in [-0.1, -0.05) is 35.3 Å². The summed E-state index contributed by atoms with van der Waals surface area (Å²) in [5.74, 6) is 0.262. The summed E-state index contributed by atoms with van der Waals surface area (Å²) < 4.78 is 32.7. The molecule has 0 bridgehead atoms. The number of rotatable bonds is 6. The average Bonchev–Trinajstić information content (AvgIpc) is 2.75. The molecule has 1 amide bonds. The molecule has 0 radical (unpaired) electrons. The molecule has 0 N–H and O–H groups in total. The lowest BCUT2D eigenvalue weighted by molar-refractivity contribution is -0.135. The van der Waals surface area contributed by atoms with Gasteiger partial charge in [-0.25, -0.2) is 8.42 Å². The Kier molecular flexibility index (Phi) is 7.29. The summed E-state index contributed by atoms with van der Waals surface area (Å²) in [5.41, 5.74) is 0.970. The van der Waals surface area contributed by atoms with Crippen molar-refractivity contribution in [1.29, 1.82) is 0 Å². The summed E-state index contributed by atoms with van der Waals surface area (Å²) in [7, 11) is -0.510. The molecule has 3 rings (SSSR count). The van der Waals surface area contributed by atoms with Crippen molar-refractivity contribution in [2.24, 2.45) is 5.92 Å². The van der Waals surface area contributed by atoms with Gasteiger partial charge in [-0.05, 0) is 48.7 Å². The molecule has 9 heteroatoms. The lowest BCUT2D eigenvalue weighted by Crippen LogP contribution is -2.45. The van der Waals surface area contributed by atoms with Gasteiger partial charge in [0.05, 0.1) is 18.1 Å². The zero-order valence-corrected chi connectivity index (χ0v) is 19.2. The van der Waals surface area contributed by atoms with E-state index < -0.39 is 15.9 Å². The number of piperidine rings is 1. The Bertz CT molecular complexity index is 1010. The standard InChI is InChI=1S/C21H24Cl2N2O4S/c1-24(13-15-5-8-18(29-2)9-6-15)21(26)16-4-3-11-25(14-16)30(27,28)20-12-17(22)7-10-19(20)23/h5-10,12,16H,3-4,11,13-14H2,1-2H3/t16-/m1/s1. The van der Waals surface area contributed by atoms with Gasteiger partial charge in [0.2, 0.25) is 15.9 Å². The van der Waals surface area contributed by atoms with Gasteiger partial charge in [-0.2, -0.15) is 4.31 Å². The maximum atomic E-state index is 13.1. The lowest BCUT2D eigenvalue weighted by atomic mass is 9.98. The third kappa shape index (κ3) is 5.09. The molecule has 0 saturated carbocycles. The van der Waals surface area contributed by atoms with E-state index in [1.807, 2.05) is 24.3 Å². The van der Waals surface area contributed by atoms with Crippen LogP contribution in [0.1, 0.15) is 18.4 Å². The Morgan fingerprint density at radius 2 is 1.90 bits per heavy atom. The minimum Gasteiger partial charge on any atom is -0.497 e. The van der Waals surface area contributed by atoms with Gasteiger partial charge in [0.15, 0.2) is 0 Å². The predicted octanol–water partition coefficient (Wildman–Crippen LogP) is 4.06. The van der Waals surface area contributed by atoms with Crippen LogP contribution in [-0.4, -0.2) is 50.8 Å². The van der Waals surface area contributed by atoms with Crippen LogP contribution in [0.5, 0.6) is 5.75 Å². The number of benzene rings is 2. The van der Waals surface area contributed by atoms with Crippen molar-refractivity contribution >= 4 is 39.1 Å². The fraction of sp³-hybridized carbons (Fsp3) is 0.381. The number of hydrogen-bond acceptors (Lipinski definition) is 4. The number of sulfonamides is 1. The Labute approximate surface area is 187 Å². The van der Waals surface area contributed by atoms with Crippen molar-refractivity contribution in [3.05, 3.63) is 58.1 Å². The number of halogens is 2. The van der Waals surface area contributed by atoms with Crippen molar-refractivity contribution in [1.82, 2.24) is 9.21 Å². The third-order valence-corrected chi connectivity index (χ3v) is 7.78. The first kappa shape index (κ1) is 22.9. The van der Waals surface area contributed by atoms with Gasteiger partial charge in [-0.3, -0.25) is 4.79 Å². The summed E-state index contributed by atoms with van der Waals surface area (Å²) in [6.45, 7) is 0.903. The highest BCUT2D eigenvalue weighted by Crippen LogP contribution is 2.31. The van der Waals surface area contributed by atoms with Crippen LogP contribution < -0.4 is 4.74 Å². The normalized spacial score (nSPS) is 17.5. The molecule has 1 aliphatic rings. The molecule has 1 saturated heterocycles. The van der Waals surface area contributed by atoms with Crippen LogP contribution >= 0.6 is 23.2 Å². The monoisotopic (exact) mass is 470 g/mol. The van der Waals surface area contributed by atoms with E-state index in [1.54, 1.807) is 25.1 Å². The summed E-state index contributed by atoms with van der Waals surface area (Å²) in [5, 5.41) is 0.409. The Balaban J connectivity index is 1.71. The van der Waals surface area contributed by atoms with Gasteiger partial charge < -0.3 is 9.64 Å². The molecule has 1 aliphatic heterocycles. The number of nitrogens with zero attached hydrogens (tertiary/aromatic N) is 2. The highest BCUT2D eigenvalue weighted by atomic mass is 35.5. The Morgan fingerprint density at radius 1 is 1.20 bits per heavy atom. The molecule has 0 aliphatic carbocycles. The second-order valence-electron chi connectivity index (χ2n) is 7.32. The number of carbonyl (C=O) groups excluding carboxylic acids is 1. The van der Waals surface area contributed by atoms with Crippen molar-refractivity contribution in [3.63, 3.8) is 0 Å². The summed E-state index contributed by atoms with van der Waals surface area (Å²) in [6, 6.07) is 11.9. The average molecular weight is 471 g/mol. The van der Waals surface area contributed by atoms with Crippen molar-refractivity contribution in [2.75, 3.05) is 27.2 Å². The minimum atomic E-state index is -3.84. The van der Waals surface area contributed by atoms with Gasteiger partial charge in [0.1, 0.15) is 10.6 Å². The zero-order chi connectivity index (χ0) is 21.9. The Hall–Kier alpha value is -1.80. The molecule has 0 spiro atoms. The van der Waals surface area contributed by atoms with Crippen LogP contribution in [0.15, 0.2) is 47.4 Å². The molecule has 0 aromatic heterocycles. The number of carbonyl (C=O) groups is 1. The third-order valence-electron chi connectivity index (χ3n) is 5.20. The van der Waals surface area contributed by atoms with Gasteiger partial charge in [-0.15, -0.1) is 0 Å².